The van der Waals surface area contributed by atoms with Crippen LogP contribution in [-0.2, 0) is 9.59 Å². The van der Waals surface area contributed by atoms with Crippen molar-refractivity contribution < 1.29 is 19.4 Å². The minimum atomic E-state index is -0.837. The highest BCUT2D eigenvalue weighted by atomic mass is 16.5. The molecule has 0 bridgehead atoms. The van der Waals surface area contributed by atoms with E-state index < -0.39 is 11.9 Å². The van der Waals surface area contributed by atoms with Crippen LogP contribution in [0.1, 0.15) is 20.3 Å². The van der Waals surface area contributed by atoms with Gasteiger partial charge in [-0.15, -0.1) is 0 Å². The van der Waals surface area contributed by atoms with Crippen LogP contribution in [0.15, 0.2) is 30.3 Å². The molecule has 1 heterocycles. The third kappa shape index (κ3) is 3.54. The second-order valence-electron chi connectivity index (χ2n) is 5.53. The predicted octanol–water partition coefficient (Wildman–Crippen LogP) is 2.02. The molecule has 1 aromatic carbocycles. The summed E-state index contributed by atoms with van der Waals surface area (Å²) in [6, 6.07) is 9.06. The van der Waals surface area contributed by atoms with Crippen molar-refractivity contribution in [3.05, 3.63) is 30.3 Å². The molecule has 21 heavy (non-hydrogen) atoms. The number of benzene rings is 1. The maximum Gasteiger partial charge on any atom is 0.308 e. The van der Waals surface area contributed by atoms with Crippen LogP contribution in [0.25, 0.3) is 0 Å². The lowest BCUT2D eigenvalue weighted by molar-refractivity contribution is -0.155. The van der Waals surface area contributed by atoms with Gasteiger partial charge in [-0.25, -0.2) is 0 Å². The number of para-hydroxylation sites is 1. The van der Waals surface area contributed by atoms with Gasteiger partial charge in [0, 0.05) is 12.5 Å². The second kappa shape index (κ2) is 6.61. The van der Waals surface area contributed by atoms with Crippen LogP contribution >= 0.6 is 0 Å². The number of carbonyl (C=O) groups excluding carboxylic acids is 1. The quantitative estimate of drug-likeness (QED) is 0.901. The Balaban J connectivity index is 1.95. The van der Waals surface area contributed by atoms with E-state index in [1.54, 1.807) is 11.8 Å². The molecular weight excluding hydrogens is 270 g/mol. The Bertz CT molecular complexity index is 502. The Morgan fingerprint density at radius 1 is 1.33 bits per heavy atom. The molecule has 5 nitrogen and oxygen atoms in total. The van der Waals surface area contributed by atoms with Crippen LogP contribution in [0.5, 0.6) is 5.75 Å². The molecule has 0 spiro atoms. The monoisotopic (exact) mass is 291 g/mol. The minimum Gasteiger partial charge on any atom is -0.492 e. The second-order valence-corrected chi connectivity index (χ2v) is 5.53. The number of amides is 1. The lowest BCUT2D eigenvalue weighted by Gasteiger charge is -2.40. The third-order valence-corrected chi connectivity index (χ3v) is 4.07. The summed E-state index contributed by atoms with van der Waals surface area (Å²) in [5.74, 6) is -0.728. The number of hydrogen-bond acceptors (Lipinski definition) is 3. The van der Waals surface area contributed by atoms with Crippen LogP contribution < -0.4 is 4.74 Å². The Hall–Kier alpha value is -2.04. The number of hydrogen-bond donors (Lipinski definition) is 1. The Morgan fingerprint density at radius 3 is 2.62 bits per heavy atom. The number of aliphatic carboxylic acids is 1. The molecule has 5 heteroatoms. The highest BCUT2D eigenvalue weighted by Gasteiger charge is 2.41. The molecule has 0 aromatic heterocycles. The van der Waals surface area contributed by atoms with Gasteiger partial charge < -0.3 is 14.7 Å². The fourth-order valence-corrected chi connectivity index (χ4v) is 2.97. The summed E-state index contributed by atoms with van der Waals surface area (Å²) in [7, 11) is 0. The summed E-state index contributed by atoms with van der Waals surface area (Å²) in [5.41, 5.74) is 0. The van der Waals surface area contributed by atoms with Gasteiger partial charge in [0.2, 0.25) is 5.91 Å². The Kier molecular flexibility index (Phi) is 4.83. The first-order valence-corrected chi connectivity index (χ1v) is 7.21. The van der Waals surface area contributed by atoms with Gasteiger partial charge in [-0.1, -0.05) is 25.1 Å². The standard InChI is InChI=1S/C16H21NO4/c1-11-10-14(18)17(12(2)15(11)16(19)20)8-9-21-13-6-4-3-5-7-13/h3-7,11-12,15H,8-10H2,1-2H3,(H,19,20). The van der Waals surface area contributed by atoms with Crippen LogP contribution in [0.3, 0.4) is 0 Å². The molecule has 2 rings (SSSR count). The van der Waals surface area contributed by atoms with E-state index in [0.29, 0.717) is 13.2 Å². The van der Waals surface area contributed by atoms with Crippen molar-refractivity contribution in [3.8, 4) is 5.75 Å². The molecule has 114 valence electrons. The maximum atomic E-state index is 12.1. The zero-order chi connectivity index (χ0) is 15.4. The molecule has 1 aromatic rings. The van der Waals surface area contributed by atoms with Crippen LogP contribution in [0.4, 0.5) is 0 Å². The predicted molar refractivity (Wildman–Crippen MR) is 78.0 cm³/mol. The van der Waals surface area contributed by atoms with Crippen molar-refractivity contribution in [3.63, 3.8) is 0 Å². The number of nitrogens with zero attached hydrogens (tertiary/aromatic N) is 1. The number of ether oxygens (including phenoxy) is 1. The van der Waals surface area contributed by atoms with Crippen molar-refractivity contribution in [2.45, 2.75) is 26.3 Å². The van der Waals surface area contributed by atoms with Gasteiger partial charge in [0.05, 0.1) is 12.5 Å². The van der Waals surface area contributed by atoms with Gasteiger partial charge in [-0.05, 0) is 25.0 Å². The summed E-state index contributed by atoms with van der Waals surface area (Å²) in [5, 5.41) is 9.32. The van der Waals surface area contributed by atoms with Gasteiger partial charge in [0.1, 0.15) is 12.4 Å². The maximum absolute atomic E-state index is 12.1. The Labute approximate surface area is 124 Å². The van der Waals surface area contributed by atoms with E-state index >= 15 is 0 Å². The van der Waals surface area contributed by atoms with Crippen molar-refractivity contribution >= 4 is 11.9 Å². The number of carboxylic acid groups (broad SMARTS) is 1. The zero-order valence-electron chi connectivity index (χ0n) is 12.4. The van der Waals surface area contributed by atoms with E-state index in [1.807, 2.05) is 37.3 Å². The molecule has 1 amide bonds. The molecule has 0 radical (unpaired) electrons. The van der Waals surface area contributed by atoms with Crippen molar-refractivity contribution in [2.75, 3.05) is 13.2 Å². The first-order valence-electron chi connectivity index (χ1n) is 7.21. The summed E-state index contributed by atoms with van der Waals surface area (Å²) >= 11 is 0. The molecule has 1 aliphatic rings. The first-order chi connectivity index (χ1) is 10.0. The third-order valence-electron chi connectivity index (χ3n) is 4.07. The van der Waals surface area contributed by atoms with Gasteiger partial charge in [0.25, 0.3) is 0 Å². The fourth-order valence-electron chi connectivity index (χ4n) is 2.97. The molecule has 1 saturated heterocycles. The normalized spacial score (nSPS) is 25.7. The molecule has 0 saturated carbocycles. The number of rotatable bonds is 5. The SMILES string of the molecule is CC1CC(=O)N(CCOc2ccccc2)C(C)C1C(=O)O. The average Bonchev–Trinajstić information content (AvgIpc) is 2.42. The molecule has 1 fully saturated rings. The van der Waals surface area contributed by atoms with Gasteiger partial charge >= 0.3 is 5.97 Å². The van der Waals surface area contributed by atoms with Gasteiger partial charge in [-0.3, -0.25) is 9.59 Å². The highest BCUT2D eigenvalue weighted by molar-refractivity contribution is 5.81. The number of likely N-dealkylation sites (tertiary alicyclic amines) is 1. The van der Waals surface area contributed by atoms with E-state index in [1.165, 1.54) is 0 Å². The first kappa shape index (κ1) is 15.4. The molecule has 1 N–H and O–H groups in total. The van der Waals surface area contributed by atoms with E-state index in [2.05, 4.69) is 0 Å². The number of carboxylic acids is 1. The van der Waals surface area contributed by atoms with E-state index in [9.17, 15) is 14.7 Å². The summed E-state index contributed by atoms with van der Waals surface area (Å²) < 4.78 is 5.59. The fraction of sp³-hybridized carbons (Fsp3) is 0.500. The summed E-state index contributed by atoms with van der Waals surface area (Å²) in [4.78, 5) is 25.1. The summed E-state index contributed by atoms with van der Waals surface area (Å²) in [6.07, 6.45) is 0.284. The topological polar surface area (TPSA) is 66.8 Å². The minimum absolute atomic E-state index is 0.00385. The van der Waals surface area contributed by atoms with Crippen molar-refractivity contribution in [1.82, 2.24) is 4.90 Å². The van der Waals surface area contributed by atoms with Crippen LogP contribution in [0, 0.1) is 11.8 Å². The largest absolute Gasteiger partial charge is 0.492 e. The van der Waals surface area contributed by atoms with E-state index in [-0.39, 0.29) is 24.3 Å². The molecule has 3 atom stereocenters. The smallest absolute Gasteiger partial charge is 0.308 e. The van der Waals surface area contributed by atoms with Crippen LogP contribution in [-0.4, -0.2) is 41.1 Å². The van der Waals surface area contributed by atoms with Gasteiger partial charge in [-0.2, -0.15) is 0 Å². The summed E-state index contributed by atoms with van der Waals surface area (Å²) in [6.45, 7) is 4.39. The van der Waals surface area contributed by atoms with Gasteiger partial charge in [0.15, 0.2) is 0 Å². The highest BCUT2D eigenvalue weighted by Crippen LogP contribution is 2.29. The van der Waals surface area contributed by atoms with Crippen molar-refractivity contribution in [2.24, 2.45) is 11.8 Å². The lowest BCUT2D eigenvalue weighted by Crippen LogP contribution is -2.53. The Morgan fingerprint density at radius 2 is 2.00 bits per heavy atom. The molecular formula is C16H21NO4. The van der Waals surface area contributed by atoms with E-state index in [4.69, 9.17) is 4.74 Å². The zero-order valence-corrected chi connectivity index (χ0v) is 12.4. The number of piperidine rings is 1. The molecule has 3 unspecified atom stereocenters. The van der Waals surface area contributed by atoms with Crippen molar-refractivity contribution in [1.29, 1.82) is 0 Å². The molecule has 1 aliphatic heterocycles. The van der Waals surface area contributed by atoms with Crippen LogP contribution in [0.2, 0.25) is 0 Å². The lowest BCUT2D eigenvalue weighted by atomic mass is 9.81. The molecule has 0 aliphatic carbocycles. The number of carbonyl (C=O) groups is 2. The average molecular weight is 291 g/mol. The van der Waals surface area contributed by atoms with E-state index in [0.717, 1.165) is 5.75 Å².